The van der Waals surface area contributed by atoms with Crippen molar-refractivity contribution in [3.05, 3.63) is 12.7 Å². The number of nitrogens with one attached hydrogen (secondary N) is 1. The third-order valence-electron chi connectivity index (χ3n) is 3.45. The fraction of sp³-hybridized carbons (Fsp3) is 0.643. The minimum atomic E-state index is -0.785. The highest BCUT2D eigenvalue weighted by atomic mass is 16.5. The highest BCUT2D eigenvalue weighted by molar-refractivity contribution is 5.90. The molecule has 21 heavy (non-hydrogen) atoms. The predicted molar refractivity (Wildman–Crippen MR) is 75.2 cm³/mol. The van der Waals surface area contributed by atoms with E-state index in [1.165, 1.54) is 18.9 Å². The molecule has 1 aliphatic heterocycles. The summed E-state index contributed by atoms with van der Waals surface area (Å²) in [7, 11) is 1.25. The number of carbonyl (C=O) groups excluding carboxylic acids is 3. The number of hydrogen-bond acceptors (Lipinski definition) is 5. The Morgan fingerprint density at radius 3 is 2.71 bits per heavy atom. The second-order valence-electron chi connectivity index (χ2n) is 5.03. The van der Waals surface area contributed by atoms with Crippen LogP contribution in [-0.2, 0) is 19.1 Å². The fourth-order valence-electron chi connectivity index (χ4n) is 2.35. The van der Waals surface area contributed by atoms with Crippen molar-refractivity contribution in [2.24, 2.45) is 0 Å². The van der Waals surface area contributed by atoms with Crippen LogP contribution in [0.4, 0.5) is 0 Å². The molecule has 118 valence electrons. The van der Waals surface area contributed by atoms with Gasteiger partial charge in [-0.2, -0.15) is 0 Å². The largest absolute Gasteiger partial charge is 0.467 e. The van der Waals surface area contributed by atoms with Crippen molar-refractivity contribution in [1.29, 1.82) is 0 Å². The zero-order valence-electron chi connectivity index (χ0n) is 12.4. The van der Waals surface area contributed by atoms with E-state index in [1.807, 2.05) is 0 Å². The van der Waals surface area contributed by atoms with Crippen molar-refractivity contribution < 1.29 is 24.2 Å². The summed E-state index contributed by atoms with van der Waals surface area (Å²) in [5.74, 6) is -1.29. The summed E-state index contributed by atoms with van der Waals surface area (Å²) in [5.41, 5.74) is 0. The van der Waals surface area contributed by atoms with Crippen LogP contribution in [0.15, 0.2) is 12.7 Å². The average Bonchev–Trinajstić information content (AvgIpc) is 2.84. The normalized spacial score (nSPS) is 22.5. The summed E-state index contributed by atoms with van der Waals surface area (Å²) in [6.07, 6.45) is 2.00. The second kappa shape index (κ2) is 7.78. The van der Waals surface area contributed by atoms with Crippen molar-refractivity contribution >= 4 is 17.8 Å². The van der Waals surface area contributed by atoms with Gasteiger partial charge in [-0.15, -0.1) is 6.58 Å². The number of rotatable bonds is 6. The number of carbonyl (C=O) groups is 3. The Kier molecular flexibility index (Phi) is 6.36. The number of likely N-dealkylation sites (tertiary alicyclic amines) is 1. The lowest BCUT2D eigenvalue weighted by molar-refractivity contribution is -0.146. The zero-order chi connectivity index (χ0) is 16.0. The van der Waals surface area contributed by atoms with Crippen LogP contribution in [0.3, 0.4) is 0 Å². The van der Waals surface area contributed by atoms with E-state index < -0.39 is 30.1 Å². The zero-order valence-corrected chi connectivity index (χ0v) is 12.4. The van der Waals surface area contributed by atoms with Gasteiger partial charge in [0, 0.05) is 19.9 Å². The lowest BCUT2D eigenvalue weighted by Gasteiger charge is -2.24. The molecular weight excluding hydrogens is 276 g/mol. The number of esters is 1. The van der Waals surface area contributed by atoms with E-state index >= 15 is 0 Å². The van der Waals surface area contributed by atoms with Gasteiger partial charge in [-0.3, -0.25) is 9.59 Å². The number of allylic oxidation sites excluding steroid dienone is 1. The molecule has 2 amide bonds. The van der Waals surface area contributed by atoms with E-state index in [1.54, 1.807) is 6.08 Å². The number of amides is 2. The Morgan fingerprint density at radius 1 is 1.52 bits per heavy atom. The summed E-state index contributed by atoms with van der Waals surface area (Å²) in [4.78, 5) is 36.7. The Labute approximate surface area is 123 Å². The van der Waals surface area contributed by atoms with Gasteiger partial charge in [0.1, 0.15) is 12.1 Å². The molecule has 0 unspecified atom stereocenters. The first-order valence-corrected chi connectivity index (χ1v) is 6.85. The fourth-order valence-corrected chi connectivity index (χ4v) is 2.35. The third-order valence-corrected chi connectivity index (χ3v) is 3.45. The lowest BCUT2D eigenvalue weighted by Crippen LogP contribution is -2.50. The minimum Gasteiger partial charge on any atom is -0.467 e. The average molecular weight is 298 g/mol. The lowest BCUT2D eigenvalue weighted by atomic mass is 10.1. The monoisotopic (exact) mass is 298 g/mol. The predicted octanol–water partition coefficient (Wildman–Crippen LogP) is -0.408. The van der Waals surface area contributed by atoms with Gasteiger partial charge in [0.25, 0.3) is 0 Å². The first-order valence-electron chi connectivity index (χ1n) is 6.85. The maximum atomic E-state index is 12.2. The molecule has 1 heterocycles. The van der Waals surface area contributed by atoms with E-state index in [4.69, 9.17) is 0 Å². The van der Waals surface area contributed by atoms with Crippen molar-refractivity contribution in [2.75, 3.05) is 13.7 Å². The molecule has 1 aliphatic rings. The molecule has 7 heteroatoms. The maximum absolute atomic E-state index is 12.2. The van der Waals surface area contributed by atoms with Gasteiger partial charge in [0.05, 0.1) is 13.2 Å². The van der Waals surface area contributed by atoms with Crippen LogP contribution in [0, 0.1) is 0 Å². The van der Waals surface area contributed by atoms with Gasteiger partial charge >= 0.3 is 5.97 Å². The van der Waals surface area contributed by atoms with Crippen LogP contribution >= 0.6 is 0 Å². The van der Waals surface area contributed by atoms with Gasteiger partial charge < -0.3 is 20.1 Å². The molecule has 0 saturated carbocycles. The smallest absolute Gasteiger partial charge is 0.328 e. The van der Waals surface area contributed by atoms with Crippen LogP contribution in [0.2, 0.25) is 0 Å². The quantitative estimate of drug-likeness (QED) is 0.513. The molecular formula is C14H22N2O5. The molecule has 0 aromatic carbocycles. The Balaban J connectivity index is 2.73. The molecule has 0 aromatic rings. The van der Waals surface area contributed by atoms with Crippen LogP contribution in [0.1, 0.15) is 26.2 Å². The van der Waals surface area contributed by atoms with Crippen molar-refractivity contribution in [3.8, 4) is 0 Å². The SMILES string of the molecule is C=CCC[C@H](NC(=O)[C@@H]1C[C@@H](O)CN1C(C)=O)C(=O)OC. The number of nitrogens with zero attached hydrogens (tertiary/aromatic N) is 1. The first kappa shape index (κ1) is 17.2. The first-order chi connectivity index (χ1) is 9.90. The van der Waals surface area contributed by atoms with Gasteiger partial charge in [-0.1, -0.05) is 6.08 Å². The number of aliphatic hydroxyl groups is 1. The van der Waals surface area contributed by atoms with Crippen LogP contribution < -0.4 is 5.32 Å². The molecule has 0 bridgehead atoms. The molecule has 0 aliphatic carbocycles. The minimum absolute atomic E-state index is 0.128. The summed E-state index contributed by atoms with van der Waals surface area (Å²) in [6.45, 7) is 5.04. The van der Waals surface area contributed by atoms with Crippen molar-refractivity contribution in [1.82, 2.24) is 10.2 Å². The Bertz CT molecular complexity index is 424. The standard InChI is InChI=1S/C14H22N2O5/c1-4-5-6-11(14(20)21-3)15-13(19)12-7-10(18)8-16(12)9(2)17/h4,10-12,18H,1,5-8H2,2-3H3,(H,15,19)/t10-,11+,12+/m1/s1. The number of hydrogen-bond donors (Lipinski definition) is 2. The van der Waals surface area contributed by atoms with Gasteiger partial charge in [-0.25, -0.2) is 4.79 Å². The van der Waals surface area contributed by atoms with E-state index in [9.17, 15) is 19.5 Å². The number of methoxy groups -OCH3 is 1. The summed E-state index contributed by atoms with van der Waals surface area (Å²) in [6, 6.07) is -1.54. The van der Waals surface area contributed by atoms with Gasteiger partial charge in [-0.05, 0) is 12.8 Å². The van der Waals surface area contributed by atoms with Crippen molar-refractivity contribution in [2.45, 2.75) is 44.4 Å². The number of β-amino-alcohol motifs (C(OH)–C–C–N with tert-alkyl or cyclic N) is 1. The summed E-state index contributed by atoms with van der Waals surface area (Å²) < 4.78 is 4.65. The second-order valence-corrected chi connectivity index (χ2v) is 5.03. The molecule has 0 radical (unpaired) electrons. The van der Waals surface area contributed by atoms with E-state index in [0.29, 0.717) is 12.8 Å². The third kappa shape index (κ3) is 4.56. The molecule has 3 atom stereocenters. The van der Waals surface area contributed by atoms with Crippen LogP contribution in [0.5, 0.6) is 0 Å². The van der Waals surface area contributed by atoms with Crippen LogP contribution in [-0.4, -0.2) is 59.6 Å². The molecule has 1 saturated heterocycles. The number of aliphatic hydroxyl groups excluding tert-OH is 1. The highest BCUT2D eigenvalue weighted by Gasteiger charge is 2.38. The van der Waals surface area contributed by atoms with Gasteiger partial charge in [0.2, 0.25) is 11.8 Å². The van der Waals surface area contributed by atoms with E-state index in [2.05, 4.69) is 16.6 Å². The van der Waals surface area contributed by atoms with Crippen molar-refractivity contribution in [3.63, 3.8) is 0 Å². The molecule has 1 fully saturated rings. The van der Waals surface area contributed by atoms with Gasteiger partial charge in [0.15, 0.2) is 0 Å². The Morgan fingerprint density at radius 2 is 2.19 bits per heavy atom. The van der Waals surface area contributed by atoms with Crippen LogP contribution in [0.25, 0.3) is 0 Å². The molecule has 2 N–H and O–H groups in total. The maximum Gasteiger partial charge on any atom is 0.328 e. The molecule has 7 nitrogen and oxygen atoms in total. The summed E-state index contributed by atoms with van der Waals surface area (Å²) in [5, 5.41) is 12.2. The van der Waals surface area contributed by atoms with E-state index in [0.717, 1.165) is 0 Å². The molecule has 0 aromatic heterocycles. The topological polar surface area (TPSA) is 95.9 Å². The molecule has 1 rings (SSSR count). The Hall–Kier alpha value is -1.89. The molecule has 0 spiro atoms. The van der Waals surface area contributed by atoms with E-state index in [-0.39, 0.29) is 18.9 Å². The number of ether oxygens (including phenoxy) is 1. The summed E-state index contributed by atoms with van der Waals surface area (Å²) >= 11 is 0. The highest BCUT2D eigenvalue weighted by Crippen LogP contribution is 2.18.